The number of halogens is 6. The number of nitrogens with one attached hydrogen (secondary N) is 1. The Balaban J connectivity index is 0.000000790. The highest BCUT2D eigenvalue weighted by molar-refractivity contribution is 5.77. The number of aromatic nitrogens is 2. The zero-order valence-corrected chi connectivity index (χ0v) is 26.4. The van der Waals surface area contributed by atoms with Crippen molar-refractivity contribution in [1.29, 1.82) is 0 Å². The lowest BCUT2D eigenvalue weighted by Gasteiger charge is -2.30. The van der Waals surface area contributed by atoms with Gasteiger partial charge in [0.25, 0.3) is 6.43 Å². The molecule has 2 heterocycles. The van der Waals surface area contributed by atoms with Crippen molar-refractivity contribution < 1.29 is 35.9 Å². The van der Waals surface area contributed by atoms with Crippen LogP contribution in [0.3, 0.4) is 0 Å². The first-order valence-corrected chi connectivity index (χ1v) is 15.1. The quantitative estimate of drug-likeness (QED) is 0.217. The number of imidazole rings is 1. The molecule has 1 aromatic carbocycles. The lowest BCUT2D eigenvalue weighted by Crippen LogP contribution is -2.41. The largest absolute Gasteiger partial charge is 0.386 e. The van der Waals surface area contributed by atoms with Crippen molar-refractivity contribution in [2.24, 2.45) is 11.7 Å². The van der Waals surface area contributed by atoms with Crippen molar-refractivity contribution in [1.82, 2.24) is 14.5 Å². The van der Waals surface area contributed by atoms with Crippen LogP contribution in [-0.4, -0.2) is 52.5 Å². The van der Waals surface area contributed by atoms with E-state index in [0.29, 0.717) is 17.3 Å². The fourth-order valence-corrected chi connectivity index (χ4v) is 4.78. The minimum absolute atomic E-state index is 0.0234. The Morgan fingerprint density at radius 2 is 1.89 bits per heavy atom. The number of carbonyl (C=O) groups excluding carboxylic acids is 2. The Morgan fingerprint density at radius 3 is 2.44 bits per heavy atom. The fraction of sp³-hybridized carbons (Fsp3) is 0.531. The lowest BCUT2D eigenvalue weighted by atomic mass is 9.99. The molecule has 0 saturated heterocycles. The molecule has 4 rings (SSSR count). The highest BCUT2D eigenvalue weighted by atomic mass is 19.3. The molecule has 0 spiro atoms. The summed E-state index contributed by atoms with van der Waals surface area (Å²) in [6.07, 6.45) is -2.77. The predicted octanol–water partition coefficient (Wildman–Crippen LogP) is 7.58. The van der Waals surface area contributed by atoms with Gasteiger partial charge in [-0.2, -0.15) is 0 Å². The highest BCUT2D eigenvalue weighted by Crippen LogP contribution is 2.34. The molecule has 1 aliphatic heterocycles. The second kappa shape index (κ2) is 17.8. The summed E-state index contributed by atoms with van der Waals surface area (Å²) in [7, 11) is 1.55. The van der Waals surface area contributed by atoms with Gasteiger partial charge in [-0.1, -0.05) is 33.8 Å². The molecule has 0 fully saturated rings. The third kappa shape index (κ3) is 9.94. The van der Waals surface area contributed by atoms with Crippen molar-refractivity contribution in [3.8, 4) is 11.3 Å². The van der Waals surface area contributed by atoms with Crippen LogP contribution in [0.25, 0.3) is 11.3 Å². The second-order valence-electron chi connectivity index (χ2n) is 10.7. The topological polar surface area (TPSA) is 93.2 Å². The average molecular weight is 644 g/mol. The summed E-state index contributed by atoms with van der Waals surface area (Å²) in [6.45, 7) is 8.04. The Morgan fingerprint density at radius 1 is 1.20 bits per heavy atom. The van der Waals surface area contributed by atoms with E-state index in [1.807, 2.05) is 27.7 Å². The molecule has 0 bridgehead atoms. The summed E-state index contributed by atoms with van der Waals surface area (Å²) in [5, 5.41) is 2.69. The number of alkyl halides is 3. The van der Waals surface area contributed by atoms with Gasteiger partial charge in [-0.25, -0.2) is 31.3 Å². The first kappa shape index (κ1) is 37.6. The molecule has 0 saturated carbocycles. The van der Waals surface area contributed by atoms with E-state index < -0.39 is 41.9 Å². The molecule has 1 amide bonds. The van der Waals surface area contributed by atoms with Crippen LogP contribution in [-0.2, 0) is 22.7 Å². The van der Waals surface area contributed by atoms with E-state index in [2.05, 4.69) is 10.3 Å². The predicted molar refractivity (Wildman–Crippen MR) is 163 cm³/mol. The Labute approximate surface area is 260 Å². The standard InChI is InChI=1S/C25H27F6N5O.C5H10O.C2H6/c1-33-20-5-3-14(9-19(20)29)23-21-12-35(6-7-36(21)25(34-23)24(30)31)22(37)10-15(32)8-13-2-4-16(26)18(28)11-17(13)27;1-3-5(2)4-6;1-2/h3,5,9,11,15-16,24,33H,2,4,6-8,10,12,32H2,1H3;4-5H,3H2,1-2H3;1-2H3. The maximum absolute atomic E-state index is 14.4. The van der Waals surface area contributed by atoms with Crippen LogP contribution >= 0.6 is 0 Å². The zero-order valence-electron chi connectivity index (χ0n) is 26.4. The van der Waals surface area contributed by atoms with E-state index in [-0.39, 0.29) is 74.1 Å². The Hall–Kier alpha value is -3.61. The van der Waals surface area contributed by atoms with Gasteiger partial charge < -0.3 is 25.3 Å². The number of rotatable bonds is 9. The molecular weight excluding hydrogens is 600 g/mol. The zero-order chi connectivity index (χ0) is 33.8. The van der Waals surface area contributed by atoms with Gasteiger partial charge >= 0.3 is 0 Å². The Kier molecular flexibility index (Phi) is 14.8. The molecule has 3 N–H and O–H groups in total. The van der Waals surface area contributed by atoms with E-state index in [1.165, 1.54) is 21.6 Å². The molecule has 7 nitrogen and oxygen atoms in total. The maximum atomic E-state index is 14.4. The highest BCUT2D eigenvalue weighted by Gasteiger charge is 2.31. The monoisotopic (exact) mass is 643 g/mol. The summed E-state index contributed by atoms with van der Waals surface area (Å²) in [4.78, 5) is 28.2. The molecule has 250 valence electrons. The Bertz CT molecular complexity index is 1360. The minimum atomic E-state index is -2.87. The fourth-order valence-electron chi connectivity index (χ4n) is 4.78. The summed E-state index contributed by atoms with van der Waals surface area (Å²) >= 11 is 0. The number of amides is 1. The number of anilines is 1. The SMILES string of the molecule is CC.CCC(C)C=O.CNc1ccc(-c2nc(C(F)F)n3c2CN(C(=O)CC(N)CC2=C(F)C=C(F)C(F)CC2)CC3)cc1F. The summed E-state index contributed by atoms with van der Waals surface area (Å²) in [5.74, 6) is -3.24. The smallest absolute Gasteiger partial charge is 0.295 e. The van der Waals surface area contributed by atoms with Gasteiger partial charge in [0.1, 0.15) is 23.8 Å². The van der Waals surface area contributed by atoms with Crippen molar-refractivity contribution >= 4 is 17.9 Å². The van der Waals surface area contributed by atoms with Gasteiger partial charge in [0.05, 0.1) is 23.6 Å². The van der Waals surface area contributed by atoms with Gasteiger partial charge in [-0.15, -0.1) is 0 Å². The first-order valence-electron chi connectivity index (χ1n) is 15.1. The third-order valence-corrected chi connectivity index (χ3v) is 7.52. The molecule has 1 aromatic heterocycles. The van der Waals surface area contributed by atoms with Crippen LogP contribution < -0.4 is 11.1 Å². The first-order chi connectivity index (χ1) is 21.4. The lowest BCUT2D eigenvalue weighted by molar-refractivity contribution is -0.133. The van der Waals surface area contributed by atoms with Gasteiger partial charge in [0.2, 0.25) is 5.91 Å². The molecule has 1 aliphatic carbocycles. The normalized spacial score (nSPS) is 17.6. The molecular formula is C32H43F6N5O2. The van der Waals surface area contributed by atoms with E-state index >= 15 is 0 Å². The van der Waals surface area contributed by atoms with Crippen molar-refractivity contribution in [3.63, 3.8) is 0 Å². The van der Waals surface area contributed by atoms with E-state index in [0.717, 1.165) is 12.7 Å². The van der Waals surface area contributed by atoms with E-state index in [1.54, 1.807) is 13.1 Å². The molecule has 2 aliphatic rings. The minimum Gasteiger partial charge on any atom is -0.386 e. The number of hydrogen-bond acceptors (Lipinski definition) is 5. The number of carbonyl (C=O) groups is 2. The van der Waals surface area contributed by atoms with Gasteiger partial charge in [0, 0.05) is 50.2 Å². The van der Waals surface area contributed by atoms with Crippen LogP contribution in [0.2, 0.25) is 0 Å². The van der Waals surface area contributed by atoms with Crippen LogP contribution in [0.15, 0.2) is 41.5 Å². The van der Waals surface area contributed by atoms with Crippen LogP contribution in [0.4, 0.5) is 32.0 Å². The maximum Gasteiger partial charge on any atom is 0.295 e. The van der Waals surface area contributed by atoms with Gasteiger partial charge in [-0.3, -0.25) is 4.79 Å². The van der Waals surface area contributed by atoms with Crippen LogP contribution in [0, 0.1) is 11.7 Å². The summed E-state index contributed by atoms with van der Waals surface area (Å²) in [6, 6.07) is 3.40. The van der Waals surface area contributed by atoms with Crippen LogP contribution in [0.1, 0.15) is 77.7 Å². The number of allylic oxidation sites excluding steroid dienone is 3. The van der Waals surface area contributed by atoms with E-state index in [4.69, 9.17) is 5.73 Å². The number of hydrogen-bond donors (Lipinski definition) is 2. The van der Waals surface area contributed by atoms with Crippen molar-refractivity contribution in [2.45, 2.75) is 91.5 Å². The summed E-state index contributed by atoms with van der Waals surface area (Å²) in [5.41, 5.74) is 7.24. The van der Waals surface area contributed by atoms with Gasteiger partial charge in [-0.05, 0) is 43.4 Å². The molecule has 45 heavy (non-hydrogen) atoms. The van der Waals surface area contributed by atoms with Gasteiger partial charge in [0.15, 0.2) is 12.0 Å². The number of aldehydes is 1. The molecule has 0 radical (unpaired) electrons. The second-order valence-corrected chi connectivity index (χ2v) is 10.7. The van der Waals surface area contributed by atoms with Crippen LogP contribution in [0.5, 0.6) is 0 Å². The number of nitrogens with two attached hydrogens (primary N) is 1. The molecule has 3 unspecified atom stereocenters. The number of benzene rings is 1. The third-order valence-electron chi connectivity index (χ3n) is 7.52. The molecule has 3 atom stereocenters. The van der Waals surface area contributed by atoms with Crippen molar-refractivity contribution in [3.05, 3.63) is 58.8 Å². The van der Waals surface area contributed by atoms with Crippen molar-refractivity contribution in [2.75, 3.05) is 18.9 Å². The molecule has 2 aromatic rings. The number of fused-ring (bicyclic) bond motifs is 1. The summed E-state index contributed by atoms with van der Waals surface area (Å²) < 4.78 is 84.4. The average Bonchev–Trinajstić information content (AvgIpc) is 3.37. The number of nitrogens with zero attached hydrogens (tertiary/aromatic N) is 3. The van der Waals surface area contributed by atoms with E-state index in [9.17, 15) is 35.9 Å². The molecule has 13 heteroatoms.